The first kappa shape index (κ1) is 19.4. The molecule has 0 N–H and O–H groups in total. The van der Waals surface area contributed by atoms with Crippen LogP contribution in [0.2, 0.25) is 0 Å². The quantitative estimate of drug-likeness (QED) is 0.460. The molecule has 3 saturated carbocycles. The van der Waals surface area contributed by atoms with Crippen LogP contribution in [0, 0.1) is 22.7 Å². The van der Waals surface area contributed by atoms with E-state index in [0.29, 0.717) is 18.9 Å². The molecule has 0 radical (unpaired) electrons. The Morgan fingerprint density at radius 2 is 2.03 bits per heavy atom. The third-order valence-electron chi connectivity index (χ3n) is 9.63. The van der Waals surface area contributed by atoms with Gasteiger partial charge in [-0.15, -0.1) is 0 Å². The summed E-state index contributed by atoms with van der Waals surface area (Å²) in [5.74, 6) is 0.680. The second kappa shape index (κ2) is 5.71. The highest BCUT2D eigenvalue weighted by molar-refractivity contribution is 8.14. The van der Waals surface area contributed by atoms with E-state index in [1.165, 1.54) is 17.3 Å². The molecular weight excluding hydrogens is 404 g/mol. The van der Waals surface area contributed by atoms with Gasteiger partial charge in [-0.05, 0) is 44.1 Å². The van der Waals surface area contributed by atoms with E-state index < -0.39 is 11.8 Å². The number of carbonyl (C=O) groups excluding carboxylic acids is 3. The highest BCUT2D eigenvalue weighted by atomic mass is 32.2. The average Bonchev–Trinajstić information content (AvgIpc) is 3.15. The lowest BCUT2D eigenvalue weighted by molar-refractivity contribution is -0.118. The van der Waals surface area contributed by atoms with Crippen LogP contribution in [0.3, 0.4) is 0 Å². The number of carbonyl (C=O) groups is 3. The SMILES string of the molecule is CC(=O)S[C@@H]1CC2=CC(=O)CC[C@]2(C)C23O[C@H]2C[C@@]2(C)C(CC[C@@]24COC(=O)O4)C13. The Morgan fingerprint density at radius 1 is 1.23 bits per heavy atom. The Bertz CT molecular complexity index is 913. The minimum atomic E-state index is -0.585. The number of ketones is 1. The van der Waals surface area contributed by atoms with E-state index in [2.05, 4.69) is 13.8 Å². The second-order valence-electron chi connectivity index (χ2n) is 10.6. The fourth-order valence-electron chi connectivity index (χ4n) is 8.16. The zero-order valence-corrected chi connectivity index (χ0v) is 18.5. The Kier molecular flexibility index (Phi) is 3.69. The number of thioether (sulfide) groups is 1. The highest BCUT2D eigenvalue weighted by Gasteiger charge is 2.83. The van der Waals surface area contributed by atoms with Crippen LogP contribution in [0.5, 0.6) is 0 Å². The molecule has 6 aliphatic rings. The molecular formula is C23H28O6S. The molecule has 6 nitrogen and oxygen atoms in total. The van der Waals surface area contributed by atoms with Crippen molar-refractivity contribution in [2.75, 3.05) is 6.61 Å². The number of epoxide rings is 1. The van der Waals surface area contributed by atoms with Crippen molar-refractivity contribution in [3.63, 3.8) is 0 Å². The maximum atomic E-state index is 12.2. The Morgan fingerprint density at radius 3 is 2.73 bits per heavy atom. The topological polar surface area (TPSA) is 82.2 Å². The summed E-state index contributed by atoms with van der Waals surface area (Å²) in [6.45, 7) is 6.46. The summed E-state index contributed by atoms with van der Waals surface area (Å²) in [6, 6.07) is 0. The van der Waals surface area contributed by atoms with Crippen molar-refractivity contribution >= 4 is 28.8 Å². The van der Waals surface area contributed by atoms with E-state index in [1.54, 1.807) is 6.92 Å². The third kappa shape index (κ3) is 2.09. The Labute approximate surface area is 180 Å². The zero-order chi connectivity index (χ0) is 21.1. The molecule has 2 heterocycles. The van der Waals surface area contributed by atoms with Gasteiger partial charge in [-0.3, -0.25) is 9.59 Å². The second-order valence-corrected chi connectivity index (χ2v) is 12.1. The van der Waals surface area contributed by atoms with Crippen LogP contribution in [0.25, 0.3) is 0 Å². The van der Waals surface area contributed by atoms with E-state index in [-0.39, 0.29) is 44.6 Å². The fraction of sp³-hybridized carbons (Fsp3) is 0.783. The standard InChI is InChI=1S/C23H28O6S/c1-12(24)30-16-9-13-8-14(25)4-6-20(13,2)23-17(28-23)10-21(3)15(18(16)23)5-7-22(21)11-27-19(26)29-22/h8,15-18H,4-7,9-11H2,1-3H3/t15?,16-,17+,18?,20+,21+,22-,23?/m1/s1. The lowest BCUT2D eigenvalue weighted by Crippen LogP contribution is -2.63. The summed E-state index contributed by atoms with van der Waals surface area (Å²) < 4.78 is 17.8. The van der Waals surface area contributed by atoms with Gasteiger partial charge < -0.3 is 14.2 Å². The maximum absolute atomic E-state index is 12.2. The molecule has 6 rings (SSSR count). The predicted octanol–water partition coefficient (Wildman–Crippen LogP) is 3.81. The van der Waals surface area contributed by atoms with Gasteiger partial charge in [-0.25, -0.2) is 4.79 Å². The predicted molar refractivity (Wildman–Crippen MR) is 109 cm³/mol. The molecule has 0 bridgehead atoms. The largest absolute Gasteiger partial charge is 0.509 e. The van der Waals surface area contributed by atoms with Crippen molar-refractivity contribution < 1.29 is 28.6 Å². The van der Waals surface area contributed by atoms with Crippen molar-refractivity contribution in [2.24, 2.45) is 22.7 Å². The van der Waals surface area contributed by atoms with Crippen LogP contribution in [0.15, 0.2) is 11.6 Å². The molecule has 0 aromatic rings. The van der Waals surface area contributed by atoms with Gasteiger partial charge in [0.25, 0.3) is 0 Å². The molecule has 3 unspecified atom stereocenters. The van der Waals surface area contributed by atoms with Gasteiger partial charge in [-0.1, -0.05) is 31.2 Å². The number of cyclic esters (lactones) is 1. The fourth-order valence-corrected chi connectivity index (χ4v) is 9.39. The van der Waals surface area contributed by atoms with Crippen LogP contribution in [0.4, 0.5) is 4.79 Å². The van der Waals surface area contributed by atoms with Gasteiger partial charge >= 0.3 is 6.16 Å². The molecule has 2 aliphatic heterocycles. The summed E-state index contributed by atoms with van der Waals surface area (Å²) in [6.07, 6.45) is 6.05. The van der Waals surface area contributed by atoms with E-state index in [9.17, 15) is 14.4 Å². The smallest absolute Gasteiger partial charge is 0.430 e. The number of hydrogen-bond acceptors (Lipinski definition) is 7. The summed E-state index contributed by atoms with van der Waals surface area (Å²) >= 11 is 1.41. The first-order chi connectivity index (χ1) is 14.2. The molecule has 2 saturated heterocycles. The molecule has 0 aromatic heterocycles. The monoisotopic (exact) mass is 432 g/mol. The van der Waals surface area contributed by atoms with Crippen LogP contribution in [-0.4, -0.2) is 46.2 Å². The Balaban J connectivity index is 1.47. The molecule has 0 aromatic carbocycles. The van der Waals surface area contributed by atoms with Crippen LogP contribution >= 0.6 is 11.8 Å². The molecule has 4 aliphatic carbocycles. The highest BCUT2D eigenvalue weighted by Crippen LogP contribution is 2.77. The molecule has 7 heteroatoms. The van der Waals surface area contributed by atoms with Crippen molar-refractivity contribution in [2.45, 2.75) is 81.9 Å². The lowest BCUT2D eigenvalue weighted by Gasteiger charge is -2.58. The molecule has 8 atom stereocenters. The third-order valence-corrected chi connectivity index (χ3v) is 10.7. The van der Waals surface area contributed by atoms with E-state index >= 15 is 0 Å². The summed E-state index contributed by atoms with van der Waals surface area (Å²) in [4.78, 5) is 36.4. The molecule has 0 amide bonds. The van der Waals surface area contributed by atoms with Crippen LogP contribution in [-0.2, 0) is 23.8 Å². The maximum Gasteiger partial charge on any atom is 0.509 e. The van der Waals surface area contributed by atoms with Crippen LogP contribution < -0.4 is 0 Å². The van der Waals surface area contributed by atoms with E-state index in [4.69, 9.17) is 14.2 Å². The summed E-state index contributed by atoms with van der Waals surface area (Å²) in [7, 11) is 0. The van der Waals surface area contributed by atoms with Gasteiger partial charge in [0, 0.05) is 35.3 Å². The van der Waals surface area contributed by atoms with Gasteiger partial charge in [0.2, 0.25) is 0 Å². The molecule has 162 valence electrons. The van der Waals surface area contributed by atoms with E-state index in [1.807, 2.05) is 6.08 Å². The molecule has 2 spiro atoms. The van der Waals surface area contributed by atoms with Gasteiger partial charge in [-0.2, -0.15) is 0 Å². The number of hydrogen-bond donors (Lipinski definition) is 0. The Hall–Kier alpha value is -1.34. The van der Waals surface area contributed by atoms with E-state index in [0.717, 1.165) is 32.1 Å². The number of rotatable bonds is 1. The van der Waals surface area contributed by atoms with Crippen molar-refractivity contribution in [3.8, 4) is 0 Å². The van der Waals surface area contributed by atoms with Gasteiger partial charge in [0.1, 0.15) is 12.2 Å². The zero-order valence-electron chi connectivity index (χ0n) is 17.7. The van der Waals surface area contributed by atoms with Gasteiger partial charge in [0.05, 0.1) is 6.10 Å². The minimum Gasteiger partial charge on any atom is -0.430 e. The van der Waals surface area contributed by atoms with Gasteiger partial charge in [0.15, 0.2) is 16.5 Å². The minimum absolute atomic E-state index is 0.0648. The number of ether oxygens (including phenoxy) is 3. The summed E-state index contributed by atoms with van der Waals surface area (Å²) in [5.41, 5.74) is -0.124. The lowest BCUT2D eigenvalue weighted by atomic mass is 9.46. The first-order valence-electron chi connectivity index (χ1n) is 11.1. The van der Waals surface area contributed by atoms with Crippen LogP contribution in [0.1, 0.15) is 59.3 Å². The van der Waals surface area contributed by atoms with Crippen molar-refractivity contribution in [1.29, 1.82) is 0 Å². The molecule has 5 fully saturated rings. The van der Waals surface area contributed by atoms with Crippen molar-refractivity contribution in [1.82, 2.24) is 0 Å². The number of fused-ring (bicyclic) bond motifs is 4. The summed E-state index contributed by atoms with van der Waals surface area (Å²) in [5, 5.41) is 0.185. The normalized spacial score (nSPS) is 53.1. The average molecular weight is 433 g/mol. The molecule has 30 heavy (non-hydrogen) atoms. The first-order valence-corrected chi connectivity index (χ1v) is 12.0. The van der Waals surface area contributed by atoms with Crippen molar-refractivity contribution in [3.05, 3.63) is 11.6 Å².